The number of rotatable bonds is 5. The van der Waals surface area contributed by atoms with Crippen LogP contribution in [0.5, 0.6) is 0 Å². The minimum absolute atomic E-state index is 0.142. The fourth-order valence-corrected chi connectivity index (χ4v) is 2.41. The van der Waals surface area contributed by atoms with E-state index in [0.29, 0.717) is 22.8 Å². The molecule has 0 aliphatic heterocycles. The maximum absolute atomic E-state index is 11.9. The largest absolute Gasteiger partial charge is 0.352 e. The number of hydrogen-bond donors (Lipinski definition) is 3. The van der Waals surface area contributed by atoms with Gasteiger partial charge in [-0.15, -0.1) is 0 Å². The van der Waals surface area contributed by atoms with E-state index in [0.717, 1.165) is 5.56 Å². The molecule has 7 heteroatoms. The Balaban J connectivity index is 1.91. The molecule has 0 radical (unpaired) electrons. The first-order valence-corrected chi connectivity index (χ1v) is 8.70. The summed E-state index contributed by atoms with van der Waals surface area (Å²) >= 11 is 10.9. The monoisotopic (exact) mass is 387 g/mol. The highest BCUT2D eigenvalue weighted by Gasteiger charge is 2.06. The van der Waals surface area contributed by atoms with Crippen LogP contribution in [0.4, 0.5) is 5.69 Å². The Labute approximate surface area is 162 Å². The minimum Gasteiger partial charge on any atom is -0.352 e. The third kappa shape index (κ3) is 6.31. The Kier molecular flexibility index (Phi) is 7.32. The summed E-state index contributed by atoms with van der Waals surface area (Å²) in [5.74, 6) is -0.533. The van der Waals surface area contributed by atoms with Crippen molar-refractivity contribution in [2.75, 3.05) is 11.9 Å². The van der Waals surface area contributed by atoms with Crippen molar-refractivity contribution in [1.82, 2.24) is 10.6 Å². The van der Waals surface area contributed by atoms with Crippen LogP contribution < -0.4 is 16.0 Å². The number of halogens is 1. The maximum atomic E-state index is 11.9. The van der Waals surface area contributed by atoms with E-state index in [9.17, 15) is 9.59 Å². The normalized spacial score (nSPS) is 10.4. The molecule has 0 heterocycles. The Morgan fingerprint density at radius 2 is 1.88 bits per heavy atom. The van der Waals surface area contributed by atoms with E-state index < -0.39 is 0 Å². The van der Waals surface area contributed by atoms with Crippen molar-refractivity contribution >= 4 is 52.5 Å². The second-order valence-corrected chi connectivity index (χ2v) is 6.11. The molecule has 0 aliphatic rings. The molecule has 0 aromatic heterocycles. The van der Waals surface area contributed by atoms with E-state index >= 15 is 0 Å². The van der Waals surface area contributed by atoms with Crippen molar-refractivity contribution in [2.45, 2.75) is 6.92 Å². The highest BCUT2D eigenvalue weighted by atomic mass is 35.5. The van der Waals surface area contributed by atoms with Gasteiger partial charge in [0.05, 0.1) is 0 Å². The van der Waals surface area contributed by atoms with E-state index in [1.54, 1.807) is 54.6 Å². The van der Waals surface area contributed by atoms with Crippen LogP contribution in [0.15, 0.2) is 54.6 Å². The fraction of sp³-hybridized carbons (Fsp3) is 0.105. The Bertz CT molecular complexity index is 835. The molecule has 2 rings (SSSR count). The summed E-state index contributed by atoms with van der Waals surface area (Å²) in [5, 5.41) is 8.93. The molecule has 0 aliphatic carbocycles. The smallest absolute Gasteiger partial charge is 0.251 e. The van der Waals surface area contributed by atoms with Gasteiger partial charge < -0.3 is 10.6 Å². The summed E-state index contributed by atoms with van der Waals surface area (Å²) < 4.78 is 0. The molecule has 5 nitrogen and oxygen atoms in total. The number of carbonyl (C=O) groups excluding carboxylic acids is 2. The van der Waals surface area contributed by atoms with Crippen LogP contribution >= 0.6 is 23.8 Å². The van der Waals surface area contributed by atoms with Crippen molar-refractivity contribution < 1.29 is 9.59 Å². The summed E-state index contributed by atoms with van der Waals surface area (Å²) in [6, 6.07) is 13.9. The highest BCUT2D eigenvalue weighted by molar-refractivity contribution is 7.80. The van der Waals surface area contributed by atoms with Crippen LogP contribution in [-0.2, 0) is 4.79 Å². The van der Waals surface area contributed by atoms with Gasteiger partial charge in [0.2, 0.25) is 5.91 Å². The molecule has 2 amide bonds. The van der Waals surface area contributed by atoms with Crippen molar-refractivity contribution in [3.05, 3.63) is 70.8 Å². The van der Waals surface area contributed by atoms with Gasteiger partial charge in [-0.25, -0.2) is 0 Å². The van der Waals surface area contributed by atoms with Crippen LogP contribution in [0.1, 0.15) is 22.8 Å². The molecule has 2 aromatic carbocycles. The molecular weight excluding hydrogens is 370 g/mol. The summed E-state index contributed by atoms with van der Waals surface area (Å²) in [6.45, 7) is 2.40. The molecule has 3 N–H and O–H groups in total. The number of nitrogens with one attached hydrogen (secondary N) is 3. The number of benzene rings is 2. The lowest BCUT2D eigenvalue weighted by atomic mass is 10.2. The predicted octanol–water partition coefficient (Wildman–Crippen LogP) is 3.62. The van der Waals surface area contributed by atoms with Crippen LogP contribution in [0.25, 0.3) is 6.08 Å². The lowest BCUT2D eigenvalue weighted by molar-refractivity contribution is -0.115. The summed E-state index contributed by atoms with van der Waals surface area (Å²) in [7, 11) is 0. The molecule has 0 atom stereocenters. The molecule has 0 bridgehead atoms. The fourth-order valence-electron chi connectivity index (χ4n) is 2.06. The van der Waals surface area contributed by atoms with E-state index in [-0.39, 0.29) is 16.9 Å². The molecular formula is C19H18ClN3O2S. The lowest BCUT2D eigenvalue weighted by Gasteiger charge is -2.09. The Morgan fingerprint density at radius 3 is 2.58 bits per heavy atom. The maximum Gasteiger partial charge on any atom is 0.251 e. The number of anilines is 1. The van der Waals surface area contributed by atoms with E-state index in [1.165, 1.54) is 6.08 Å². The average Bonchev–Trinajstić information content (AvgIpc) is 2.61. The Morgan fingerprint density at radius 1 is 1.15 bits per heavy atom. The van der Waals surface area contributed by atoms with Gasteiger partial charge in [0.25, 0.3) is 5.91 Å². The molecule has 26 heavy (non-hydrogen) atoms. The average molecular weight is 388 g/mol. The van der Waals surface area contributed by atoms with Gasteiger partial charge in [0.1, 0.15) is 0 Å². The second-order valence-electron chi connectivity index (χ2n) is 5.27. The van der Waals surface area contributed by atoms with Gasteiger partial charge in [-0.2, -0.15) is 0 Å². The summed E-state index contributed by atoms with van der Waals surface area (Å²) in [5.41, 5.74) is 1.97. The molecule has 0 fully saturated rings. The van der Waals surface area contributed by atoms with Gasteiger partial charge in [0, 0.05) is 28.9 Å². The number of thiocarbonyl (C=S) groups is 1. The Hall–Kier alpha value is -2.70. The molecule has 0 unspecified atom stereocenters. The number of carbonyl (C=O) groups is 2. The lowest BCUT2D eigenvalue weighted by Crippen LogP contribution is -2.33. The quantitative estimate of drug-likeness (QED) is 0.541. The predicted molar refractivity (Wildman–Crippen MR) is 109 cm³/mol. The van der Waals surface area contributed by atoms with Gasteiger partial charge in [0.15, 0.2) is 5.11 Å². The first-order chi connectivity index (χ1) is 12.5. The van der Waals surface area contributed by atoms with Gasteiger partial charge in [-0.1, -0.05) is 29.8 Å². The first kappa shape index (κ1) is 19.6. The summed E-state index contributed by atoms with van der Waals surface area (Å²) in [6.07, 6.45) is 3.03. The molecule has 0 saturated carbocycles. The van der Waals surface area contributed by atoms with E-state index in [1.807, 2.05) is 6.92 Å². The molecule has 0 saturated heterocycles. The van der Waals surface area contributed by atoms with Crippen molar-refractivity contribution in [3.63, 3.8) is 0 Å². The zero-order valence-corrected chi connectivity index (χ0v) is 15.7. The standard InChI is InChI=1S/C19H18ClN3O2S/c1-2-21-18(25)14-4-3-5-16(12-14)22-19(26)23-17(24)11-8-13-6-9-15(20)10-7-13/h3-12H,2H2,1H3,(H,21,25)(H2,22,23,24,26)/b11-8+. The van der Waals surface area contributed by atoms with Crippen molar-refractivity contribution in [1.29, 1.82) is 0 Å². The van der Waals surface area contributed by atoms with Crippen LogP contribution in [0.2, 0.25) is 5.02 Å². The molecule has 2 aromatic rings. The summed E-state index contributed by atoms with van der Waals surface area (Å²) in [4.78, 5) is 23.8. The van der Waals surface area contributed by atoms with Crippen LogP contribution in [0.3, 0.4) is 0 Å². The zero-order valence-electron chi connectivity index (χ0n) is 14.1. The number of amides is 2. The third-order valence-corrected chi connectivity index (χ3v) is 3.71. The molecule has 0 spiro atoms. The zero-order chi connectivity index (χ0) is 18.9. The highest BCUT2D eigenvalue weighted by Crippen LogP contribution is 2.11. The minimum atomic E-state index is -0.364. The van der Waals surface area contributed by atoms with Crippen LogP contribution in [0, 0.1) is 0 Å². The van der Waals surface area contributed by atoms with E-state index in [2.05, 4.69) is 16.0 Å². The van der Waals surface area contributed by atoms with Gasteiger partial charge in [-0.3, -0.25) is 14.9 Å². The van der Waals surface area contributed by atoms with Crippen molar-refractivity contribution in [2.24, 2.45) is 0 Å². The molecule has 134 valence electrons. The number of hydrogen-bond acceptors (Lipinski definition) is 3. The first-order valence-electron chi connectivity index (χ1n) is 7.92. The SMILES string of the molecule is CCNC(=O)c1cccc(NC(=S)NC(=O)/C=C/c2ccc(Cl)cc2)c1. The van der Waals surface area contributed by atoms with Crippen LogP contribution in [-0.4, -0.2) is 23.5 Å². The van der Waals surface area contributed by atoms with Crippen molar-refractivity contribution in [3.8, 4) is 0 Å². The van der Waals surface area contributed by atoms with Gasteiger partial charge in [-0.05, 0) is 61.1 Å². The topological polar surface area (TPSA) is 70.2 Å². The van der Waals surface area contributed by atoms with E-state index in [4.69, 9.17) is 23.8 Å². The second kappa shape index (κ2) is 9.70. The third-order valence-electron chi connectivity index (χ3n) is 3.25. The van der Waals surface area contributed by atoms with Gasteiger partial charge >= 0.3 is 0 Å².